The van der Waals surface area contributed by atoms with Crippen molar-refractivity contribution < 1.29 is 14.3 Å². The van der Waals surface area contributed by atoms with E-state index in [2.05, 4.69) is 4.98 Å². The second-order valence-electron chi connectivity index (χ2n) is 5.06. The quantitative estimate of drug-likeness (QED) is 0.849. The molecule has 0 aliphatic heterocycles. The molecule has 4 nitrogen and oxygen atoms in total. The summed E-state index contributed by atoms with van der Waals surface area (Å²) in [5.74, 6) is 0.734. The van der Waals surface area contributed by atoms with Gasteiger partial charge in [-0.05, 0) is 30.7 Å². The number of hydrogen-bond acceptors (Lipinski definition) is 4. The molecule has 1 aliphatic rings. The number of carbonyl (C=O) groups excluding carboxylic acids is 1. The van der Waals surface area contributed by atoms with Crippen LogP contribution in [0, 0.1) is 0 Å². The molecular formula is C16H16ClNO3. The Balaban J connectivity index is 1.82. The van der Waals surface area contributed by atoms with E-state index in [-0.39, 0.29) is 11.9 Å². The van der Waals surface area contributed by atoms with Crippen molar-refractivity contribution >= 4 is 28.3 Å². The van der Waals surface area contributed by atoms with Crippen LogP contribution in [0.2, 0.25) is 5.02 Å². The molecule has 3 rings (SSSR count). The minimum atomic E-state index is -0.459. The Kier molecular flexibility index (Phi) is 4.08. The first-order valence-electron chi connectivity index (χ1n) is 7.05. The average molecular weight is 306 g/mol. The van der Waals surface area contributed by atoms with Gasteiger partial charge in [0.05, 0.1) is 5.02 Å². The third-order valence-corrected chi connectivity index (χ3v) is 3.85. The van der Waals surface area contributed by atoms with Crippen molar-refractivity contribution in [3.05, 3.63) is 35.5 Å². The van der Waals surface area contributed by atoms with Crippen LogP contribution in [0.1, 0.15) is 19.8 Å². The van der Waals surface area contributed by atoms with E-state index < -0.39 is 6.10 Å². The number of benzene rings is 1. The largest absolute Gasteiger partial charge is 0.484 e. The lowest BCUT2D eigenvalue weighted by atomic mass is 9.90. The number of aromatic nitrogens is 1. The topological polar surface area (TPSA) is 48.4 Å². The maximum absolute atomic E-state index is 11.6. The van der Waals surface area contributed by atoms with E-state index in [1.807, 2.05) is 19.1 Å². The van der Waals surface area contributed by atoms with Gasteiger partial charge >= 0.3 is 0 Å². The zero-order chi connectivity index (χ0) is 14.8. The number of hydrogen-bond donors (Lipinski definition) is 0. The Hall–Kier alpha value is -1.65. The third kappa shape index (κ3) is 2.74. The molecule has 1 aromatic carbocycles. The van der Waals surface area contributed by atoms with Gasteiger partial charge in [-0.15, -0.1) is 0 Å². The fourth-order valence-corrected chi connectivity index (χ4v) is 2.60. The Labute approximate surface area is 128 Å². The van der Waals surface area contributed by atoms with Crippen LogP contribution in [0.15, 0.2) is 30.5 Å². The first kappa shape index (κ1) is 14.3. The van der Waals surface area contributed by atoms with Crippen molar-refractivity contribution in [1.82, 2.24) is 4.98 Å². The molecule has 1 fully saturated rings. The lowest BCUT2D eigenvalue weighted by Gasteiger charge is -2.34. The second-order valence-corrected chi connectivity index (χ2v) is 5.47. The predicted molar refractivity (Wildman–Crippen MR) is 80.8 cm³/mol. The Morgan fingerprint density at radius 2 is 2.24 bits per heavy atom. The molecule has 1 aliphatic carbocycles. The zero-order valence-electron chi connectivity index (χ0n) is 11.7. The van der Waals surface area contributed by atoms with Crippen molar-refractivity contribution in [3.63, 3.8) is 0 Å². The van der Waals surface area contributed by atoms with Gasteiger partial charge in [0.1, 0.15) is 17.4 Å². The third-order valence-electron chi connectivity index (χ3n) is 3.52. The van der Waals surface area contributed by atoms with Gasteiger partial charge in [-0.25, -0.2) is 0 Å². The van der Waals surface area contributed by atoms with Gasteiger partial charge in [0.2, 0.25) is 0 Å². The Bertz CT molecular complexity index is 674. The molecule has 1 aromatic heterocycles. The van der Waals surface area contributed by atoms with Gasteiger partial charge in [0.25, 0.3) is 0 Å². The van der Waals surface area contributed by atoms with E-state index >= 15 is 0 Å². The SMILES string of the molecule is CCCOC1C(=O)CC1Oc1ccc(Cl)c2cccnc12. The maximum Gasteiger partial charge on any atom is 0.169 e. The molecular weight excluding hydrogens is 290 g/mol. The van der Waals surface area contributed by atoms with Crippen LogP contribution in [0.3, 0.4) is 0 Å². The second kappa shape index (κ2) is 6.00. The smallest absolute Gasteiger partial charge is 0.169 e. The standard InChI is InChI=1S/C16H16ClNO3/c1-2-8-20-16-12(19)9-14(16)21-13-6-5-11(17)10-4-3-7-18-15(10)13/h3-7,14,16H,2,8-9H2,1H3. The van der Waals surface area contributed by atoms with Gasteiger partial charge < -0.3 is 9.47 Å². The number of pyridine rings is 1. The van der Waals surface area contributed by atoms with Crippen LogP contribution in [-0.2, 0) is 9.53 Å². The molecule has 0 saturated heterocycles. The normalized spacial score (nSPS) is 21.3. The molecule has 0 bridgehead atoms. The van der Waals surface area contributed by atoms with Crippen LogP contribution in [0.4, 0.5) is 0 Å². The van der Waals surface area contributed by atoms with Gasteiger partial charge in [-0.3, -0.25) is 9.78 Å². The summed E-state index contributed by atoms with van der Waals surface area (Å²) in [6.07, 6.45) is 2.25. The highest BCUT2D eigenvalue weighted by Gasteiger charge is 2.42. The van der Waals surface area contributed by atoms with E-state index in [0.717, 1.165) is 11.8 Å². The molecule has 0 amide bonds. The molecule has 1 heterocycles. The minimum Gasteiger partial charge on any atom is -0.484 e. The molecule has 2 atom stereocenters. The molecule has 110 valence electrons. The van der Waals surface area contributed by atoms with E-state index in [9.17, 15) is 4.79 Å². The number of carbonyl (C=O) groups is 1. The number of ketones is 1. The van der Waals surface area contributed by atoms with Gasteiger partial charge in [0, 0.05) is 24.6 Å². The van der Waals surface area contributed by atoms with E-state index in [1.165, 1.54) is 0 Å². The number of fused-ring (bicyclic) bond motifs is 1. The average Bonchev–Trinajstić information content (AvgIpc) is 2.50. The van der Waals surface area contributed by atoms with Gasteiger partial charge in [-0.1, -0.05) is 18.5 Å². The minimum absolute atomic E-state index is 0.0969. The lowest BCUT2D eigenvalue weighted by molar-refractivity contribution is -0.154. The summed E-state index contributed by atoms with van der Waals surface area (Å²) >= 11 is 6.16. The van der Waals surface area contributed by atoms with Crippen molar-refractivity contribution in [2.24, 2.45) is 0 Å². The van der Waals surface area contributed by atoms with Crippen LogP contribution in [-0.4, -0.2) is 29.6 Å². The number of rotatable bonds is 5. The lowest BCUT2D eigenvalue weighted by Crippen LogP contribution is -2.52. The predicted octanol–water partition coefficient (Wildman–Crippen LogP) is 3.40. The summed E-state index contributed by atoms with van der Waals surface area (Å²) in [5.41, 5.74) is 0.707. The molecule has 2 aromatic rings. The number of ether oxygens (including phenoxy) is 2. The molecule has 0 N–H and O–H groups in total. The summed E-state index contributed by atoms with van der Waals surface area (Å²) in [5, 5.41) is 1.47. The van der Waals surface area contributed by atoms with E-state index in [1.54, 1.807) is 18.3 Å². The zero-order valence-corrected chi connectivity index (χ0v) is 12.5. The van der Waals surface area contributed by atoms with Gasteiger partial charge in [-0.2, -0.15) is 0 Å². The van der Waals surface area contributed by atoms with Crippen molar-refractivity contribution in [2.75, 3.05) is 6.61 Å². The summed E-state index contributed by atoms with van der Waals surface area (Å²) < 4.78 is 11.5. The maximum atomic E-state index is 11.6. The molecule has 0 spiro atoms. The molecule has 1 saturated carbocycles. The van der Waals surface area contributed by atoms with Crippen molar-refractivity contribution in [1.29, 1.82) is 0 Å². The number of Topliss-reactive ketones (excluding diaryl/α,β-unsaturated/α-hetero) is 1. The highest BCUT2D eigenvalue weighted by Crippen LogP contribution is 2.33. The van der Waals surface area contributed by atoms with Gasteiger partial charge in [0.15, 0.2) is 11.9 Å². The van der Waals surface area contributed by atoms with Crippen LogP contribution < -0.4 is 4.74 Å². The fraction of sp³-hybridized carbons (Fsp3) is 0.375. The van der Waals surface area contributed by atoms with Crippen LogP contribution in [0.25, 0.3) is 10.9 Å². The molecule has 5 heteroatoms. The Morgan fingerprint density at radius 3 is 3.00 bits per heavy atom. The van der Waals surface area contributed by atoms with E-state index in [0.29, 0.717) is 29.3 Å². The summed E-state index contributed by atoms with van der Waals surface area (Å²) in [4.78, 5) is 15.9. The van der Waals surface area contributed by atoms with E-state index in [4.69, 9.17) is 21.1 Å². The van der Waals surface area contributed by atoms with Crippen LogP contribution >= 0.6 is 11.6 Å². The highest BCUT2D eigenvalue weighted by atomic mass is 35.5. The fourth-order valence-electron chi connectivity index (χ4n) is 2.39. The number of halogens is 1. The highest BCUT2D eigenvalue weighted by molar-refractivity contribution is 6.35. The summed E-state index contributed by atoms with van der Waals surface area (Å²) in [7, 11) is 0. The van der Waals surface area contributed by atoms with Crippen LogP contribution in [0.5, 0.6) is 5.75 Å². The molecule has 0 radical (unpaired) electrons. The summed E-state index contributed by atoms with van der Waals surface area (Å²) in [6, 6.07) is 7.30. The molecule has 2 unspecified atom stereocenters. The van der Waals surface area contributed by atoms with Crippen molar-refractivity contribution in [2.45, 2.75) is 32.0 Å². The monoisotopic (exact) mass is 305 g/mol. The summed E-state index contributed by atoms with van der Waals surface area (Å²) in [6.45, 7) is 2.57. The first-order valence-corrected chi connectivity index (χ1v) is 7.42. The first-order chi connectivity index (χ1) is 10.2. The van der Waals surface area contributed by atoms with Crippen molar-refractivity contribution in [3.8, 4) is 5.75 Å². The Morgan fingerprint density at radius 1 is 1.38 bits per heavy atom. The molecule has 21 heavy (non-hydrogen) atoms. The number of nitrogens with zero attached hydrogens (tertiary/aromatic N) is 1.